The molecule has 0 spiro atoms. The Kier molecular flexibility index (Phi) is 5.17. The summed E-state index contributed by atoms with van der Waals surface area (Å²) in [6.07, 6.45) is 4.48. The van der Waals surface area contributed by atoms with E-state index in [1.807, 2.05) is 6.92 Å². The number of aryl methyl sites for hydroxylation is 1. The number of piperidine rings is 1. The summed E-state index contributed by atoms with van der Waals surface area (Å²) in [5.74, 6) is 0. The van der Waals surface area contributed by atoms with Crippen LogP contribution in [0.5, 0.6) is 6.01 Å². The molecule has 3 rings (SSSR count). The van der Waals surface area contributed by atoms with E-state index in [9.17, 15) is 8.42 Å². The second-order valence-corrected chi connectivity index (χ2v) is 8.60. The Morgan fingerprint density at radius 1 is 1.21 bits per heavy atom. The molecule has 1 aromatic carbocycles. The van der Waals surface area contributed by atoms with Crippen LogP contribution in [-0.4, -0.2) is 41.9 Å². The number of hydrogen-bond donors (Lipinski definition) is 0. The van der Waals surface area contributed by atoms with Gasteiger partial charge in [0.15, 0.2) is 0 Å². The van der Waals surface area contributed by atoms with Gasteiger partial charge in [0, 0.05) is 18.9 Å². The molecule has 128 valence electrons. The van der Waals surface area contributed by atoms with E-state index in [0.29, 0.717) is 18.0 Å². The van der Waals surface area contributed by atoms with Crippen LogP contribution in [0.4, 0.5) is 0 Å². The lowest BCUT2D eigenvalue weighted by Crippen LogP contribution is -2.44. The van der Waals surface area contributed by atoms with E-state index < -0.39 is 10.0 Å². The molecule has 0 N–H and O–H groups in total. The van der Waals surface area contributed by atoms with Crippen LogP contribution in [0, 0.1) is 6.92 Å². The van der Waals surface area contributed by atoms with Crippen molar-refractivity contribution < 1.29 is 13.2 Å². The maximum atomic E-state index is 12.8. The van der Waals surface area contributed by atoms with Gasteiger partial charge in [-0.25, -0.2) is 18.4 Å². The fourth-order valence-electron chi connectivity index (χ4n) is 2.59. The summed E-state index contributed by atoms with van der Waals surface area (Å²) in [6.45, 7) is 2.73. The molecule has 0 amide bonds. The molecule has 2 aromatic rings. The van der Waals surface area contributed by atoms with E-state index in [4.69, 9.17) is 4.74 Å². The summed E-state index contributed by atoms with van der Waals surface area (Å²) < 4.78 is 33.5. The first-order valence-corrected chi connectivity index (χ1v) is 9.89. The molecule has 2 heterocycles. The summed E-state index contributed by atoms with van der Waals surface area (Å²) in [5.41, 5.74) is 1.03. The normalized spacial score (nSPS) is 19.2. The third-order valence-electron chi connectivity index (χ3n) is 3.87. The minimum Gasteiger partial charge on any atom is -0.459 e. The number of halogens is 1. The lowest BCUT2D eigenvalue weighted by molar-refractivity contribution is 0.119. The number of ether oxygens (including phenoxy) is 1. The highest BCUT2D eigenvalue weighted by Crippen LogP contribution is 2.23. The Morgan fingerprint density at radius 3 is 2.54 bits per heavy atom. The number of hydrogen-bond acceptors (Lipinski definition) is 5. The molecule has 0 radical (unpaired) electrons. The van der Waals surface area contributed by atoms with Crippen LogP contribution in [0.2, 0.25) is 0 Å². The van der Waals surface area contributed by atoms with E-state index in [0.717, 1.165) is 22.9 Å². The molecule has 1 saturated heterocycles. The SMILES string of the molecule is Cc1ccc(S(=O)(=O)N2CCCC(Oc3ncc(Br)cn3)C2)cc1. The van der Waals surface area contributed by atoms with Gasteiger partial charge in [-0.2, -0.15) is 4.31 Å². The standard InChI is InChI=1S/C16H18BrN3O3S/c1-12-4-6-15(7-5-12)24(21,22)20-8-2-3-14(11-20)23-16-18-9-13(17)10-19-16/h4-7,9-10,14H,2-3,8,11H2,1H3. The summed E-state index contributed by atoms with van der Waals surface area (Å²) in [7, 11) is -3.51. The zero-order valence-corrected chi connectivity index (χ0v) is 15.6. The highest BCUT2D eigenvalue weighted by Gasteiger charge is 2.31. The van der Waals surface area contributed by atoms with Gasteiger partial charge in [-0.15, -0.1) is 0 Å². The van der Waals surface area contributed by atoms with E-state index >= 15 is 0 Å². The Balaban J connectivity index is 1.72. The van der Waals surface area contributed by atoms with Crippen molar-refractivity contribution >= 4 is 26.0 Å². The number of nitrogens with zero attached hydrogens (tertiary/aromatic N) is 3. The molecule has 1 aromatic heterocycles. The van der Waals surface area contributed by atoms with Crippen LogP contribution in [0.1, 0.15) is 18.4 Å². The lowest BCUT2D eigenvalue weighted by atomic mass is 10.1. The topological polar surface area (TPSA) is 72.4 Å². The molecule has 1 aliphatic rings. The van der Waals surface area contributed by atoms with Crippen LogP contribution in [0.3, 0.4) is 0 Å². The van der Waals surface area contributed by atoms with E-state index in [1.165, 1.54) is 4.31 Å². The molecular formula is C16H18BrN3O3S. The van der Waals surface area contributed by atoms with Gasteiger partial charge in [0.2, 0.25) is 10.0 Å². The van der Waals surface area contributed by atoms with Gasteiger partial charge >= 0.3 is 6.01 Å². The third-order valence-corrected chi connectivity index (χ3v) is 6.16. The molecule has 8 heteroatoms. The smallest absolute Gasteiger partial charge is 0.316 e. The van der Waals surface area contributed by atoms with Crippen LogP contribution in [0.25, 0.3) is 0 Å². The summed E-state index contributed by atoms with van der Waals surface area (Å²) in [6, 6.07) is 7.17. The first-order chi connectivity index (χ1) is 11.4. The monoisotopic (exact) mass is 411 g/mol. The van der Waals surface area contributed by atoms with E-state index in [2.05, 4.69) is 25.9 Å². The zero-order chi connectivity index (χ0) is 17.2. The van der Waals surface area contributed by atoms with Crippen molar-refractivity contribution in [1.82, 2.24) is 14.3 Å². The second-order valence-electron chi connectivity index (χ2n) is 5.74. The molecule has 1 fully saturated rings. The Labute approximate surface area is 150 Å². The van der Waals surface area contributed by atoms with Gasteiger partial charge in [0.1, 0.15) is 6.10 Å². The minimum absolute atomic E-state index is 0.250. The van der Waals surface area contributed by atoms with Crippen LogP contribution in [-0.2, 0) is 10.0 Å². The molecule has 0 bridgehead atoms. The van der Waals surface area contributed by atoms with Crippen LogP contribution >= 0.6 is 15.9 Å². The van der Waals surface area contributed by atoms with Crippen molar-refractivity contribution in [1.29, 1.82) is 0 Å². The van der Waals surface area contributed by atoms with Crippen molar-refractivity contribution in [3.63, 3.8) is 0 Å². The van der Waals surface area contributed by atoms with Crippen LogP contribution in [0.15, 0.2) is 46.0 Å². The van der Waals surface area contributed by atoms with Crippen molar-refractivity contribution in [3.05, 3.63) is 46.7 Å². The summed E-state index contributed by atoms with van der Waals surface area (Å²) >= 11 is 3.27. The molecule has 0 saturated carbocycles. The number of benzene rings is 1. The van der Waals surface area contributed by atoms with Crippen molar-refractivity contribution in [3.8, 4) is 6.01 Å². The minimum atomic E-state index is -3.51. The fraction of sp³-hybridized carbons (Fsp3) is 0.375. The average Bonchev–Trinajstić information content (AvgIpc) is 2.58. The van der Waals surface area contributed by atoms with E-state index in [1.54, 1.807) is 36.7 Å². The Bertz CT molecular complexity index is 794. The summed E-state index contributed by atoms with van der Waals surface area (Å²) in [5, 5.41) is 0. The lowest BCUT2D eigenvalue weighted by Gasteiger charge is -2.31. The molecular weight excluding hydrogens is 394 g/mol. The van der Waals surface area contributed by atoms with Gasteiger partial charge in [0.05, 0.1) is 15.9 Å². The van der Waals surface area contributed by atoms with Gasteiger partial charge < -0.3 is 4.74 Å². The maximum absolute atomic E-state index is 12.8. The predicted molar refractivity (Wildman–Crippen MR) is 93.3 cm³/mol. The van der Waals surface area contributed by atoms with Gasteiger partial charge in [-0.1, -0.05) is 17.7 Å². The fourth-order valence-corrected chi connectivity index (χ4v) is 4.30. The first kappa shape index (κ1) is 17.3. The van der Waals surface area contributed by atoms with Crippen molar-refractivity contribution in [2.45, 2.75) is 30.8 Å². The van der Waals surface area contributed by atoms with Crippen molar-refractivity contribution in [2.24, 2.45) is 0 Å². The molecule has 0 aliphatic carbocycles. The van der Waals surface area contributed by atoms with Crippen LogP contribution < -0.4 is 4.74 Å². The molecule has 6 nitrogen and oxygen atoms in total. The first-order valence-electron chi connectivity index (χ1n) is 7.66. The molecule has 1 atom stereocenters. The highest BCUT2D eigenvalue weighted by molar-refractivity contribution is 9.10. The zero-order valence-electron chi connectivity index (χ0n) is 13.2. The Hall–Kier alpha value is -1.51. The number of aromatic nitrogens is 2. The van der Waals surface area contributed by atoms with Gasteiger partial charge in [-0.05, 0) is 47.8 Å². The van der Waals surface area contributed by atoms with Gasteiger partial charge in [-0.3, -0.25) is 0 Å². The average molecular weight is 412 g/mol. The number of rotatable bonds is 4. The molecule has 1 unspecified atom stereocenters. The maximum Gasteiger partial charge on any atom is 0.316 e. The highest BCUT2D eigenvalue weighted by atomic mass is 79.9. The molecule has 1 aliphatic heterocycles. The van der Waals surface area contributed by atoms with E-state index in [-0.39, 0.29) is 12.1 Å². The number of sulfonamides is 1. The van der Waals surface area contributed by atoms with Gasteiger partial charge in [0.25, 0.3) is 0 Å². The second kappa shape index (κ2) is 7.16. The predicted octanol–water partition coefficient (Wildman–Crippen LogP) is 2.78. The third kappa shape index (κ3) is 3.93. The van der Waals surface area contributed by atoms with Crippen molar-refractivity contribution in [2.75, 3.05) is 13.1 Å². The summed E-state index contributed by atoms with van der Waals surface area (Å²) in [4.78, 5) is 8.47. The largest absolute Gasteiger partial charge is 0.459 e. The quantitative estimate of drug-likeness (QED) is 0.772. The Morgan fingerprint density at radius 2 is 1.88 bits per heavy atom. The molecule has 24 heavy (non-hydrogen) atoms.